The molecule has 1 saturated carbocycles. The second-order valence-corrected chi connectivity index (χ2v) is 12.3. The summed E-state index contributed by atoms with van der Waals surface area (Å²) in [7, 11) is -6.65. The maximum atomic E-state index is 12.6. The number of carbonyl (C=O) groups is 1. The van der Waals surface area contributed by atoms with Crippen LogP contribution in [0, 0.1) is 5.92 Å². The number of nitrogens with one attached hydrogen (secondary N) is 1. The maximum absolute atomic E-state index is 12.6. The second kappa shape index (κ2) is 9.57. The average Bonchev–Trinajstić information content (AvgIpc) is 3.28. The van der Waals surface area contributed by atoms with Gasteiger partial charge in [0.05, 0.1) is 15.9 Å². The van der Waals surface area contributed by atoms with E-state index >= 15 is 0 Å². The van der Waals surface area contributed by atoms with Gasteiger partial charge in [0.1, 0.15) is 0 Å². The number of sulfonamides is 1. The number of carbonyl (C=O) groups excluding carboxylic acids is 1. The van der Waals surface area contributed by atoms with Crippen LogP contribution in [0.4, 0.5) is 0 Å². The molecule has 0 bridgehead atoms. The molecule has 162 valence electrons. The summed E-state index contributed by atoms with van der Waals surface area (Å²) < 4.78 is 51.3. The topological polar surface area (TPSA) is 101 Å². The van der Waals surface area contributed by atoms with Crippen molar-refractivity contribution in [1.29, 1.82) is 0 Å². The molecule has 1 N–H and O–H groups in total. The zero-order valence-electron chi connectivity index (χ0n) is 16.6. The van der Waals surface area contributed by atoms with Gasteiger partial charge < -0.3 is 5.32 Å². The van der Waals surface area contributed by atoms with Gasteiger partial charge in [-0.2, -0.15) is 4.31 Å². The van der Waals surface area contributed by atoms with Crippen molar-refractivity contribution in [2.45, 2.75) is 55.1 Å². The van der Waals surface area contributed by atoms with Gasteiger partial charge >= 0.3 is 0 Å². The monoisotopic (exact) mass is 442 g/mol. The number of hydrogen-bond donors (Lipinski definition) is 1. The lowest BCUT2D eigenvalue weighted by Crippen LogP contribution is -2.41. The molecule has 0 aromatic heterocycles. The van der Waals surface area contributed by atoms with Crippen molar-refractivity contribution in [2.24, 2.45) is 5.92 Å². The fraction of sp³-hybridized carbons (Fsp3) is 0.650. The minimum atomic E-state index is -3.47. The van der Waals surface area contributed by atoms with Crippen LogP contribution in [-0.2, 0) is 24.7 Å². The van der Waals surface area contributed by atoms with E-state index in [0.29, 0.717) is 50.2 Å². The SMILES string of the molecule is O=C(CCS(=O)(=O)C1CCCC1)NCC1CCN(S(=O)(=O)c2ccccc2)CC1. The molecule has 1 saturated heterocycles. The Kier molecular flexibility index (Phi) is 7.34. The molecular weight excluding hydrogens is 412 g/mol. The Hall–Kier alpha value is -1.45. The third kappa shape index (κ3) is 5.79. The van der Waals surface area contributed by atoms with Crippen molar-refractivity contribution in [1.82, 2.24) is 9.62 Å². The van der Waals surface area contributed by atoms with Gasteiger partial charge in [-0.1, -0.05) is 31.0 Å². The molecule has 1 aliphatic heterocycles. The van der Waals surface area contributed by atoms with Gasteiger partial charge in [0.2, 0.25) is 15.9 Å². The van der Waals surface area contributed by atoms with E-state index < -0.39 is 19.9 Å². The van der Waals surface area contributed by atoms with E-state index in [-0.39, 0.29) is 29.2 Å². The molecule has 9 heteroatoms. The van der Waals surface area contributed by atoms with Gasteiger partial charge in [-0.15, -0.1) is 0 Å². The van der Waals surface area contributed by atoms with Crippen LogP contribution in [0.5, 0.6) is 0 Å². The molecule has 0 spiro atoms. The van der Waals surface area contributed by atoms with Crippen molar-refractivity contribution in [3.05, 3.63) is 30.3 Å². The van der Waals surface area contributed by atoms with E-state index in [1.165, 1.54) is 4.31 Å². The van der Waals surface area contributed by atoms with Crippen LogP contribution in [-0.4, -0.2) is 57.7 Å². The number of piperidine rings is 1. The minimum Gasteiger partial charge on any atom is -0.356 e. The summed E-state index contributed by atoms with van der Waals surface area (Å²) in [5.41, 5.74) is 0. The van der Waals surface area contributed by atoms with Crippen molar-refractivity contribution in [2.75, 3.05) is 25.4 Å². The molecule has 1 aromatic rings. The molecule has 2 fully saturated rings. The Labute approximate surface area is 173 Å². The molecule has 7 nitrogen and oxygen atoms in total. The quantitative estimate of drug-likeness (QED) is 0.663. The molecule has 29 heavy (non-hydrogen) atoms. The Morgan fingerprint density at radius 1 is 0.966 bits per heavy atom. The van der Waals surface area contributed by atoms with Gasteiger partial charge in [0.25, 0.3) is 0 Å². The average molecular weight is 443 g/mol. The summed E-state index contributed by atoms with van der Waals surface area (Å²) in [4.78, 5) is 12.4. The molecule has 0 atom stereocenters. The van der Waals surface area contributed by atoms with Gasteiger partial charge in [-0.25, -0.2) is 16.8 Å². The highest BCUT2D eigenvalue weighted by atomic mass is 32.2. The van der Waals surface area contributed by atoms with Gasteiger partial charge in [-0.05, 0) is 43.7 Å². The highest BCUT2D eigenvalue weighted by Gasteiger charge is 2.30. The fourth-order valence-electron chi connectivity index (χ4n) is 4.09. The lowest BCUT2D eigenvalue weighted by Gasteiger charge is -2.31. The zero-order valence-corrected chi connectivity index (χ0v) is 18.3. The summed E-state index contributed by atoms with van der Waals surface area (Å²) in [5, 5.41) is 2.56. The first kappa shape index (κ1) is 22.2. The highest BCUT2D eigenvalue weighted by molar-refractivity contribution is 7.92. The predicted molar refractivity (Wildman–Crippen MR) is 112 cm³/mol. The van der Waals surface area contributed by atoms with E-state index in [2.05, 4.69) is 5.32 Å². The second-order valence-electron chi connectivity index (χ2n) is 7.99. The summed E-state index contributed by atoms with van der Waals surface area (Å²) >= 11 is 0. The standard InChI is InChI=1S/C20H30N2O5S2/c23-20(12-15-28(24,25)18-6-4-5-7-18)21-16-17-10-13-22(14-11-17)29(26,27)19-8-2-1-3-9-19/h1-3,8-9,17-18H,4-7,10-16H2,(H,21,23). The third-order valence-electron chi connectivity index (χ3n) is 5.97. The number of benzene rings is 1. The first-order chi connectivity index (χ1) is 13.8. The van der Waals surface area contributed by atoms with Gasteiger partial charge in [0, 0.05) is 26.1 Å². The normalized spacial score (nSPS) is 20.0. The molecule has 3 rings (SSSR count). The van der Waals surface area contributed by atoms with Crippen LogP contribution >= 0.6 is 0 Å². The first-order valence-electron chi connectivity index (χ1n) is 10.3. The van der Waals surface area contributed by atoms with Gasteiger partial charge in [-0.3, -0.25) is 4.79 Å². The molecule has 1 aromatic carbocycles. The lowest BCUT2D eigenvalue weighted by atomic mass is 9.98. The lowest BCUT2D eigenvalue weighted by molar-refractivity contribution is -0.120. The van der Waals surface area contributed by atoms with E-state index in [4.69, 9.17) is 0 Å². The summed E-state index contributed by atoms with van der Waals surface area (Å²) in [6.45, 7) is 1.31. The summed E-state index contributed by atoms with van der Waals surface area (Å²) in [5.74, 6) is -0.129. The van der Waals surface area contributed by atoms with Crippen molar-refractivity contribution in [3.63, 3.8) is 0 Å². The Bertz CT molecular complexity index is 886. The van der Waals surface area contributed by atoms with Crippen molar-refractivity contribution < 1.29 is 21.6 Å². The van der Waals surface area contributed by atoms with Crippen molar-refractivity contribution >= 4 is 25.8 Å². The molecule has 1 aliphatic carbocycles. The van der Waals surface area contributed by atoms with Crippen LogP contribution in [0.15, 0.2) is 35.2 Å². The first-order valence-corrected chi connectivity index (χ1v) is 13.5. The fourth-order valence-corrected chi connectivity index (χ4v) is 7.44. The molecule has 1 heterocycles. The third-order valence-corrected chi connectivity index (χ3v) is 10.1. The van der Waals surface area contributed by atoms with Crippen LogP contribution < -0.4 is 5.32 Å². The molecule has 1 amide bonds. The zero-order chi connectivity index (χ0) is 20.9. The minimum absolute atomic E-state index is 0.0000643. The number of sulfone groups is 1. The van der Waals surface area contributed by atoms with E-state index in [9.17, 15) is 21.6 Å². The van der Waals surface area contributed by atoms with Crippen LogP contribution in [0.2, 0.25) is 0 Å². The molecular formula is C20H30N2O5S2. The number of amides is 1. The highest BCUT2D eigenvalue weighted by Crippen LogP contribution is 2.26. The number of rotatable bonds is 8. The molecule has 2 aliphatic rings. The Balaban J connectivity index is 1.40. The van der Waals surface area contributed by atoms with E-state index in [1.807, 2.05) is 0 Å². The van der Waals surface area contributed by atoms with E-state index in [1.54, 1.807) is 30.3 Å². The van der Waals surface area contributed by atoms with E-state index in [0.717, 1.165) is 12.8 Å². The Morgan fingerprint density at radius 3 is 2.21 bits per heavy atom. The summed E-state index contributed by atoms with van der Waals surface area (Å²) in [6.07, 6.45) is 4.69. The van der Waals surface area contributed by atoms with Crippen LogP contribution in [0.25, 0.3) is 0 Å². The maximum Gasteiger partial charge on any atom is 0.243 e. The predicted octanol–water partition coefficient (Wildman–Crippen LogP) is 1.95. The Morgan fingerprint density at radius 2 is 1.59 bits per heavy atom. The largest absolute Gasteiger partial charge is 0.356 e. The number of nitrogens with zero attached hydrogens (tertiary/aromatic N) is 1. The molecule has 0 radical (unpaired) electrons. The van der Waals surface area contributed by atoms with Crippen LogP contribution in [0.3, 0.4) is 0 Å². The van der Waals surface area contributed by atoms with Crippen molar-refractivity contribution in [3.8, 4) is 0 Å². The number of hydrogen-bond acceptors (Lipinski definition) is 5. The summed E-state index contributed by atoms with van der Waals surface area (Å²) in [6, 6.07) is 8.40. The molecule has 0 unspecified atom stereocenters. The smallest absolute Gasteiger partial charge is 0.243 e. The van der Waals surface area contributed by atoms with Crippen LogP contribution in [0.1, 0.15) is 44.9 Å². The van der Waals surface area contributed by atoms with Gasteiger partial charge in [0.15, 0.2) is 9.84 Å².